The molecule has 9 aromatic rings. The molecule has 0 aliphatic rings. The average molecular weight is 636 g/mol. The summed E-state index contributed by atoms with van der Waals surface area (Å²) in [7, 11) is 0. The Morgan fingerprint density at radius 3 is 1.66 bits per heavy atom. The molecule has 0 atom stereocenters. The van der Waals surface area contributed by atoms with E-state index in [-0.39, 0.29) is 0 Å². The van der Waals surface area contributed by atoms with Crippen molar-refractivity contribution in [3.05, 3.63) is 168 Å². The van der Waals surface area contributed by atoms with Gasteiger partial charge in [-0.25, -0.2) is 0 Å². The van der Waals surface area contributed by atoms with E-state index >= 15 is 0 Å². The Balaban J connectivity index is 1.26. The van der Waals surface area contributed by atoms with Gasteiger partial charge in [-0.1, -0.05) is 78.9 Å². The molecule has 5 heteroatoms. The van der Waals surface area contributed by atoms with Crippen LogP contribution in [0.15, 0.2) is 152 Å². The number of aromatic nitrogens is 2. The van der Waals surface area contributed by atoms with Crippen LogP contribution in [0, 0.1) is 34.0 Å². The smallest absolute Gasteiger partial charge is 0.0998 e. The minimum atomic E-state index is 0.510. The number of hydrogen-bond acceptors (Lipinski definition) is 3. The van der Waals surface area contributed by atoms with Crippen LogP contribution in [0.4, 0.5) is 0 Å². The van der Waals surface area contributed by atoms with Crippen molar-refractivity contribution in [2.45, 2.75) is 0 Å². The molecule has 0 amide bonds. The molecule has 9 rings (SSSR count). The Kier molecular flexibility index (Phi) is 6.56. The molecule has 0 saturated heterocycles. The van der Waals surface area contributed by atoms with Crippen LogP contribution in [0.3, 0.4) is 0 Å². The second-order valence-electron chi connectivity index (χ2n) is 12.3. The Bertz CT molecular complexity index is 2920. The van der Waals surface area contributed by atoms with Crippen LogP contribution < -0.4 is 0 Å². The third-order valence-corrected chi connectivity index (χ3v) is 9.59. The van der Waals surface area contributed by atoms with E-state index in [0.29, 0.717) is 16.7 Å². The molecule has 0 saturated carbocycles. The van der Waals surface area contributed by atoms with Crippen molar-refractivity contribution in [3.63, 3.8) is 0 Å². The van der Waals surface area contributed by atoms with Crippen LogP contribution >= 0.6 is 0 Å². The highest BCUT2D eigenvalue weighted by Gasteiger charge is 2.18. The van der Waals surface area contributed by atoms with Crippen molar-refractivity contribution in [2.24, 2.45) is 0 Å². The second-order valence-corrected chi connectivity index (χ2v) is 12.3. The molecule has 50 heavy (non-hydrogen) atoms. The number of nitriles is 3. The van der Waals surface area contributed by atoms with E-state index in [4.69, 9.17) is 0 Å². The van der Waals surface area contributed by atoms with Gasteiger partial charge in [0.05, 0.1) is 62.7 Å². The third-order valence-electron chi connectivity index (χ3n) is 9.59. The molecule has 0 radical (unpaired) electrons. The highest BCUT2D eigenvalue weighted by atomic mass is 15.0. The Morgan fingerprint density at radius 1 is 0.380 bits per heavy atom. The Morgan fingerprint density at radius 2 is 0.980 bits per heavy atom. The van der Waals surface area contributed by atoms with E-state index in [1.165, 1.54) is 0 Å². The lowest BCUT2D eigenvalue weighted by Crippen LogP contribution is -1.98. The van der Waals surface area contributed by atoms with Gasteiger partial charge >= 0.3 is 0 Å². The van der Waals surface area contributed by atoms with Crippen LogP contribution in [-0.2, 0) is 0 Å². The van der Waals surface area contributed by atoms with Gasteiger partial charge in [-0.05, 0) is 83.9 Å². The lowest BCUT2D eigenvalue weighted by Gasteiger charge is -2.16. The van der Waals surface area contributed by atoms with Crippen LogP contribution in [0.2, 0.25) is 0 Å². The van der Waals surface area contributed by atoms with Crippen LogP contribution in [0.25, 0.3) is 77.2 Å². The largest absolute Gasteiger partial charge is 0.309 e. The number of rotatable bonds is 4. The van der Waals surface area contributed by atoms with Crippen LogP contribution in [0.5, 0.6) is 0 Å². The normalized spacial score (nSPS) is 11.1. The first kappa shape index (κ1) is 28.8. The molecular formula is C45H25N5. The Labute approximate surface area is 287 Å². The molecule has 2 aromatic heterocycles. The summed E-state index contributed by atoms with van der Waals surface area (Å²) < 4.78 is 4.44. The van der Waals surface area contributed by atoms with Gasteiger partial charge < -0.3 is 9.13 Å². The molecule has 7 aromatic carbocycles. The van der Waals surface area contributed by atoms with Crippen molar-refractivity contribution < 1.29 is 0 Å². The minimum absolute atomic E-state index is 0.510. The summed E-state index contributed by atoms with van der Waals surface area (Å²) >= 11 is 0. The van der Waals surface area contributed by atoms with Gasteiger partial charge in [-0.3, -0.25) is 0 Å². The van der Waals surface area contributed by atoms with Gasteiger partial charge in [0, 0.05) is 38.4 Å². The average Bonchev–Trinajstić information content (AvgIpc) is 3.70. The zero-order chi connectivity index (χ0) is 33.8. The highest BCUT2D eigenvalue weighted by molar-refractivity contribution is 6.11. The van der Waals surface area contributed by atoms with Gasteiger partial charge in [-0.15, -0.1) is 0 Å². The fourth-order valence-corrected chi connectivity index (χ4v) is 7.42. The molecule has 230 valence electrons. The van der Waals surface area contributed by atoms with Crippen LogP contribution in [-0.4, -0.2) is 9.13 Å². The fourth-order valence-electron chi connectivity index (χ4n) is 7.42. The number of hydrogen-bond donors (Lipinski definition) is 0. The summed E-state index contributed by atoms with van der Waals surface area (Å²) in [6, 6.07) is 57.7. The van der Waals surface area contributed by atoms with Crippen molar-refractivity contribution in [1.29, 1.82) is 15.8 Å². The van der Waals surface area contributed by atoms with E-state index in [1.54, 1.807) is 0 Å². The summed E-state index contributed by atoms with van der Waals surface area (Å²) in [5.74, 6) is 0. The Hall–Kier alpha value is -7.39. The first-order valence-corrected chi connectivity index (χ1v) is 16.3. The maximum Gasteiger partial charge on any atom is 0.0998 e. The monoisotopic (exact) mass is 635 g/mol. The van der Waals surface area contributed by atoms with Gasteiger partial charge in [0.2, 0.25) is 0 Å². The number of nitrogens with zero attached hydrogens (tertiary/aromatic N) is 5. The van der Waals surface area contributed by atoms with E-state index in [2.05, 4.69) is 88.0 Å². The number of benzene rings is 7. The van der Waals surface area contributed by atoms with Crippen LogP contribution in [0.1, 0.15) is 16.7 Å². The number of para-hydroxylation sites is 4. The molecule has 0 aliphatic heterocycles. The van der Waals surface area contributed by atoms with E-state index < -0.39 is 0 Å². The van der Waals surface area contributed by atoms with Gasteiger partial charge in [0.25, 0.3) is 0 Å². The molecule has 0 aliphatic carbocycles. The fraction of sp³-hybridized carbons (Fsp3) is 0. The molecule has 0 unspecified atom stereocenters. The van der Waals surface area contributed by atoms with E-state index in [9.17, 15) is 15.8 Å². The lowest BCUT2D eigenvalue weighted by molar-refractivity contribution is 1.18. The van der Waals surface area contributed by atoms with E-state index in [0.717, 1.165) is 77.2 Å². The molecule has 0 bridgehead atoms. The predicted molar refractivity (Wildman–Crippen MR) is 200 cm³/mol. The van der Waals surface area contributed by atoms with Crippen molar-refractivity contribution in [1.82, 2.24) is 9.13 Å². The maximum atomic E-state index is 10.3. The topological polar surface area (TPSA) is 81.2 Å². The lowest BCUT2D eigenvalue weighted by atomic mass is 9.93. The first-order valence-electron chi connectivity index (χ1n) is 16.3. The standard InChI is InChI=1S/C45H25N5/c46-26-29-17-20-45-40(23-29)38-12-4-8-16-44(38)50(45)41-13-5-1-9-35(41)31-18-19-32(28-48)39(25-31)33-21-30(27-47)22-34(24-33)49-42-14-6-2-10-36(42)37-11-3-7-15-43(37)49/h1-25H. The zero-order valence-electron chi connectivity index (χ0n) is 26.7. The highest BCUT2D eigenvalue weighted by Crippen LogP contribution is 2.39. The second kappa shape index (κ2) is 11.4. The zero-order valence-corrected chi connectivity index (χ0v) is 26.7. The SMILES string of the molecule is N#Cc1cc(-c2cc(-c3ccccc3-n3c4ccccc4c4cc(C#N)ccc43)ccc2C#N)cc(-n2c3ccccc3c3ccccc32)c1. The summed E-state index contributed by atoms with van der Waals surface area (Å²) in [6.07, 6.45) is 0. The molecule has 0 spiro atoms. The van der Waals surface area contributed by atoms with Crippen molar-refractivity contribution >= 4 is 43.6 Å². The van der Waals surface area contributed by atoms with E-state index in [1.807, 2.05) is 91.0 Å². The molecule has 0 N–H and O–H groups in total. The predicted octanol–water partition coefficient (Wildman–Crippen LogP) is 10.8. The molecule has 2 heterocycles. The van der Waals surface area contributed by atoms with Gasteiger partial charge in [-0.2, -0.15) is 15.8 Å². The molecule has 5 nitrogen and oxygen atoms in total. The molecule has 0 fully saturated rings. The minimum Gasteiger partial charge on any atom is -0.309 e. The third kappa shape index (κ3) is 4.38. The summed E-state index contributed by atoms with van der Waals surface area (Å²) in [5.41, 5.74) is 11.1. The quantitative estimate of drug-likeness (QED) is 0.193. The first-order chi connectivity index (χ1) is 24.7. The van der Waals surface area contributed by atoms with Gasteiger partial charge in [0.1, 0.15) is 0 Å². The van der Waals surface area contributed by atoms with Crippen molar-refractivity contribution in [3.8, 4) is 51.8 Å². The van der Waals surface area contributed by atoms with Crippen molar-refractivity contribution in [2.75, 3.05) is 0 Å². The van der Waals surface area contributed by atoms with Gasteiger partial charge in [0.15, 0.2) is 0 Å². The molecular weight excluding hydrogens is 611 g/mol. The maximum absolute atomic E-state index is 10.3. The number of fused-ring (bicyclic) bond motifs is 6. The summed E-state index contributed by atoms with van der Waals surface area (Å²) in [4.78, 5) is 0. The summed E-state index contributed by atoms with van der Waals surface area (Å²) in [5, 5.41) is 34.6. The summed E-state index contributed by atoms with van der Waals surface area (Å²) in [6.45, 7) is 0.